The first kappa shape index (κ1) is 28.9. The van der Waals surface area contributed by atoms with E-state index in [1.807, 2.05) is 66.1 Å². The van der Waals surface area contributed by atoms with Gasteiger partial charge in [0.2, 0.25) is 0 Å². The number of thiazole rings is 1. The van der Waals surface area contributed by atoms with Crippen molar-refractivity contribution in [3.63, 3.8) is 0 Å². The molecule has 0 aliphatic carbocycles. The Hall–Kier alpha value is -5.07. The molecule has 0 aliphatic rings. The normalized spacial score (nSPS) is 10.8. The number of carbonyl (C=O) groups is 1. The minimum absolute atomic E-state index is 0.0707. The number of anilines is 1. The summed E-state index contributed by atoms with van der Waals surface area (Å²) < 4.78 is 22.6. The van der Waals surface area contributed by atoms with E-state index in [1.165, 1.54) is 24.5 Å². The summed E-state index contributed by atoms with van der Waals surface area (Å²) in [6, 6.07) is 22.5. The van der Waals surface area contributed by atoms with Crippen molar-refractivity contribution in [2.45, 2.75) is 6.42 Å². The van der Waals surface area contributed by atoms with Gasteiger partial charge in [-0.2, -0.15) is 5.26 Å². The van der Waals surface area contributed by atoms with Crippen LogP contribution in [0, 0.1) is 11.3 Å². The fraction of sp³-hybridized carbons (Fsp3) is 0.156. The summed E-state index contributed by atoms with van der Waals surface area (Å²) in [7, 11) is 3.12. The van der Waals surface area contributed by atoms with Crippen LogP contribution in [0.4, 0.5) is 5.13 Å². The van der Waals surface area contributed by atoms with Crippen molar-refractivity contribution in [1.29, 1.82) is 5.26 Å². The van der Waals surface area contributed by atoms with Crippen molar-refractivity contribution in [3.05, 3.63) is 101 Å². The summed E-state index contributed by atoms with van der Waals surface area (Å²) in [5, 5.41) is 14.6. The molecule has 0 aliphatic heterocycles. The van der Waals surface area contributed by atoms with Gasteiger partial charge in [-0.05, 0) is 47.9 Å². The lowest BCUT2D eigenvalue weighted by atomic mass is 10.1. The highest BCUT2D eigenvalue weighted by atomic mass is 32.1. The van der Waals surface area contributed by atoms with Gasteiger partial charge >= 0.3 is 0 Å². The van der Waals surface area contributed by atoms with Crippen LogP contribution >= 0.6 is 11.3 Å². The number of benzene rings is 3. The van der Waals surface area contributed by atoms with Crippen LogP contribution in [0.1, 0.15) is 11.1 Å². The molecule has 0 saturated carbocycles. The van der Waals surface area contributed by atoms with E-state index in [-0.39, 0.29) is 18.8 Å². The fourth-order valence-electron chi connectivity index (χ4n) is 3.87. The molecule has 3 aromatic carbocycles. The van der Waals surface area contributed by atoms with E-state index in [2.05, 4.69) is 16.9 Å². The highest BCUT2D eigenvalue weighted by Gasteiger charge is 2.14. The number of nitrogens with zero attached hydrogens (tertiary/aromatic N) is 2. The van der Waals surface area contributed by atoms with Gasteiger partial charge in [0.25, 0.3) is 5.91 Å². The number of hydrogen-bond donors (Lipinski definition) is 1. The molecule has 9 heteroatoms. The molecule has 0 saturated heterocycles. The number of nitrogens with one attached hydrogen (secondary N) is 1. The Morgan fingerprint density at radius 1 is 0.976 bits per heavy atom. The zero-order chi connectivity index (χ0) is 29.0. The summed E-state index contributed by atoms with van der Waals surface area (Å²) in [4.78, 5) is 17.2. The zero-order valence-corrected chi connectivity index (χ0v) is 23.6. The monoisotopic (exact) mass is 567 g/mol. The number of allylic oxidation sites excluding steroid dienone is 1. The van der Waals surface area contributed by atoms with E-state index in [0.29, 0.717) is 33.7 Å². The summed E-state index contributed by atoms with van der Waals surface area (Å²) in [6.45, 7) is 4.30. The summed E-state index contributed by atoms with van der Waals surface area (Å²) in [6.07, 6.45) is 4.06. The highest BCUT2D eigenvalue weighted by molar-refractivity contribution is 7.14. The Kier molecular flexibility index (Phi) is 10.1. The molecule has 8 nitrogen and oxygen atoms in total. The topological polar surface area (TPSA) is 103 Å². The molecule has 0 spiro atoms. The van der Waals surface area contributed by atoms with Gasteiger partial charge in [-0.25, -0.2) is 4.98 Å². The average Bonchev–Trinajstić information content (AvgIpc) is 3.47. The lowest BCUT2D eigenvalue weighted by molar-refractivity contribution is -0.112. The molecule has 4 aromatic rings. The van der Waals surface area contributed by atoms with E-state index in [1.54, 1.807) is 25.3 Å². The van der Waals surface area contributed by atoms with Gasteiger partial charge in [0.1, 0.15) is 24.9 Å². The molecular formula is C32H29N3O5S. The molecule has 4 rings (SSSR count). The average molecular weight is 568 g/mol. The minimum Gasteiger partial charge on any atom is -0.493 e. The van der Waals surface area contributed by atoms with Gasteiger partial charge in [-0.15, -0.1) is 17.9 Å². The van der Waals surface area contributed by atoms with E-state index in [4.69, 9.17) is 18.9 Å². The first-order valence-corrected chi connectivity index (χ1v) is 13.6. The third-order valence-electron chi connectivity index (χ3n) is 5.86. The lowest BCUT2D eigenvalue weighted by Gasteiger charge is -2.14. The Balaban J connectivity index is 1.36. The van der Waals surface area contributed by atoms with Gasteiger partial charge in [-0.3, -0.25) is 10.1 Å². The Morgan fingerprint density at radius 2 is 1.66 bits per heavy atom. The number of carbonyl (C=O) groups excluding carboxylic acids is 1. The lowest BCUT2D eigenvalue weighted by Crippen LogP contribution is -2.13. The fourth-order valence-corrected chi connectivity index (χ4v) is 4.59. The number of aromatic nitrogens is 1. The van der Waals surface area contributed by atoms with Gasteiger partial charge in [0, 0.05) is 10.9 Å². The van der Waals surface area contributed by atoms with E-state index < -0.39 is 5.91 Å². The van der Waals surface area contributed by atoms with Crippen LogP contribution in [-0.2, 0) is 11.2 Å². The van der Waals surface area contributed by atoms with Crippen LogP contribution in [0.15, 0.2) is 90.3 Å². The SMILES string of the molecule is C=CCc1ccc(OCCOc2ccc(C=C(C#N)C(=O)Nc3nc(-c4ccccc4)cs3)cc2OC)c(OC)c1. The quantitative estimate of drug-likeness (QED) is 0.0845. The molecule has 0 bridgehead atoms. The summed E-state index contributed by atoms with van der Waals surface area (Å²) in [5.74, 6) is 1.66. The number of ether oxygens (including phenoxy) is 4. The van der Waals surface area contributed by atoms with E-state index in [0.717, 1.165) is 23.2 Å². The second-order valence-electron chi connectivity index (χ2n) is 8.61. The van der Waals surface area contributed by atoms with E-state index in [9.17, 15) is 10.1 Å². The second kappa shape index (κ2) is 14.4. The highest BCUT2D eigenvalue weighted by Crippen LogP contribution is 2.31. The number of rotatable bonds is 13. The van der Waals surface area contributed by atoms with E-state index >= 15 is 0 Å². The third kappa shape index (κ3) is 7.75. The molecular weight excluding hydrogens is 538 g/mol. The largest absolute Gasteiger partial charge is 0.493 e. The molecule has 0 radical (unpaired) electrons. The maximum absolute atomic E-state index is 12.8. The van der Waals surface area contributed by atoms with Crippen molar-refractivity contribution in [1.82, 2.24) is 4.98 Å². The van der Waals surface area contributed by atoms with Crippen LogP contribution in [0.2, 0.25) is 0 Å². The molecule has 41 heavy (non-hydrogen) atoms. The first-order chi connectivity index (χ1) is 20.0. The summed E-state index contributed by atoms with van der Waals surface area (Å²) >= 11 is 1.29. The number of amides is 1. The van der Waals surface area contributed by atoms with Gasteiger partial charge in [0.15, 0.2) is 28.1 Å². The van der Waals surface area contributed by atoms with Crippen LogP contribution < -0.4 is 24.3 Å². The molecule has 0 fully saturated rings. The van der Waals surface area contributed by atoms with Gasteiger partial charge in [0.05, 0.1) is 19.9 Å². The van der Waals surface area contributed by atoms with Crippen LogP contribution in [0.25, 0.3) is 17.3 Å². The molecule has 1 heterocycles. The maximum atomic E-state index is 12.8. The van der Waals surface area contributed by atoms with Crippen molar-refractivity contribution in [3.8, 4) is 40.3 Å². The predicted molar refractivity (Wildman–Crippen MR) is 161 cm³/mol. The second-order valence-corrected chi connectivity index (χ2v) is 9.47. The van der Waals surface area contributed by atoms with Crippen molar-refractivity contribution in [2.75, 3.05) is 32.8 Å². The van der Waals surface area contributed by atoms with Crippen LogP contribution in [0.3, 0.4) is 0 Å². The van der Waals surface area contributed by atoms with Crippen LogP contribution in [0.5, 0.6) is 23.0 Å². The Bertz CT molecular complexity index is 1570. The summed E-state index contributed by atoms with van der Waals surface area (Å²) in [5.41, 5.74) is 3.31. The van der Waals surface area contributed by atoms with Crippen molar-refractivity contribution < 1.29 is 23.7 Å². The van der Waals surface area contributed by atoms with Crippen molar-refractivity contribution in [2.24, 2.45) is 0 Å². The molecule has 0 atom stereocenters. The maximum Gasteiger partial charge on any atom is 0.268 e. The van der Waals surface area contributed by atoms with Crippen molar-refractivity contribution >= 4 is 28.5 Å². The Morgan fingerprint density at radius 3 is 2.32 bits per heavy atom. The molecule has 208 valence electrons. The number of nitriles is 1. The van der Waals surface area contributed by atoms with Gasteiger partial charge < -0.3 is 18.9 Å². The minimum atomic E-state index is -0.550. The zero-order valence-electron chi connectivity index (χ0n) is 22.8. The smallest absolute Gasteiger partial charge is 0.268 e. The molecule has 0 unspecified atom stereocenters. The van der Waals surface area contributed by atoms with Crippen LogP contribution in [-0.4, -0.2) is 38.3 Å². The number of hydrogen-bond acceptors (Lipinski definition) is 8. The molecule has 1 amide bonds. The standard InChI is InChI=1S/C32H29N3O5S/c1-4-8-22-11-13-27(29(18-22)37-2)39-15-16-40-28-14-12-23(19-30(28)38-3)17-25(20-33)31(36)35-32-34-26(21-41-32)24-9-6-5-7-10-24/h4-7,9-14,17-19,21H,1,8,15-16H2,2-3H3,(H,34,35,36). The number of methoxy groups -OCH3 is 2. The molecule has 1 N–H and O–H groups in total. The first-order valence-electron chi connectivity index (χ1n) is 12.7. The molecule has 1 aromatic heterocycles. The third-order valence-corrected chi connectivity index (χ3v) is 6.62. The predicted octanol–water partition coefficient (Wildman–Crippen LogP) is 6.56. The van der Waals surface area contributed by atoms with Gasteiger partial charge in [-0.1, -0.05) is 48.5 Å². The Labute approximate surface area is 243 Å².